The van der Waals surface area contributed by atoms with Gasteiger partial charge in [0.1, 0.15) is 0 Å². The minimum atomic E-state index is 0.344. The molecule has 0 heterocycles. The molecule has 0 saturated carbocycles. The fourth-order valence-electron chi connectivity index (χ4n) is 0.555. The van der Waals surface area contributed by atoms with Crippen LogP contribution in [0.25, 0.3) is 0 Å². The SMILES string of the molecule is C=CC(Br)C(Br)C(Br)CC. The summed E-state index contributed by atoms with van der Waals surface area (Å²) >= 11 is 10.6. The molecule has 3 heteroatoms. The van der Waals surface area contributed by atoms with Gasteiger partial charge in [-0.05, 0) is 6.42 Å². The maximum Gasteiger partial charge on any atom is 0.0458 e. The third-order valence-corrected chi connectivity index (χ3v) is 6.05. The molecule has 60 valence electrons. The molecule has 3 unspecified atom stereocenters. The number of alkyl halides is 3. The Hall–Kier alpha value is 1.18. The molecule has 0 bridgehead atoms. The highest BCUT2D eigenvalue weighted by Crippen LogP contribution is 2.25. The fourth-order valence-corrected chi connectivity index (χ4v) is 2.25. The van der Waals surface area contributed by atoms with Gasteiger partial charge in [-0.25, -0.2) is 0 Å². The zero-order valence-corrected chi connectivity index (χ0v) is 10.6. The Morgan fingerprint density at radius 2 is 1.90 bits per heavy atom. The molecule has 0 aromatic heterocycles. The van der Waals surface area contributed by atoms with Crippen molar-refractivity contribution < 1.29 is 0 Å². The van der Waals surface area contributed by atoms with Crippen molar-refractivity contribution in [2.24, 2.45) is 0 Å². The van der Waals surface area contributed by atoms with E-state index in [1.165, 1.54) is 0 Å². The number of halogens is 3. The summed E-state index contributed by atoms with van der Waals surface area (Å²) in [6.07, 6.45) is 3.01. The number of hydrogen-bond donors (Lipinski definition) is 0. The van der Waals surface area contributed by atoms with Crippen molar-refractivity contribution in [3.8, 4) is 0 Å². The van der Waals surface area contributed by atoms with Crippen LogP contribution in [0.15, 0.2) is 12.7 Å². The Morgan fingerprint density at radius 3 is 2.20 bits per heavy atom. The van der Waals surface area contributed by atoms with Gasteiger partial charge in [-0.3, -0.25) is 0 Å². The second-order valence-corrected chi connectivity index (χ2v) is 5.34. The zero-order valence-electron chi connectivity index (χ0n) is 5.86. The van der Waals surface area contributed by atoms with Crippen LogP contribution in [0.5, 0.6) is 0 Å². The van der Waals surface area contributed by atoms with E-state index < -0.39 is 0 Å². The molecule has 0 aliphatic heterocycles. The van der Waals surface area contributed by atoms with Gasteiger partial charge in [0.25, 0.3) is 0 Å². The molecule has 0 saturated heterocycles. The summed E-state index contributed by atoms with van der Waals surface area (Å²) in [5.41, 5.74) is 0. The van der Waals surface area contributed by atoms with E-state index in [-0.39, 0.29) is 0 Å². The third-order valence-electron chi connectivity index (χ3n) is 1.26. The third kappa shape index (κ3) is 3.54. The first-order valence-corrected chi connectivity index (χ1v) is 5.93. The molecule has 0 amide bonds. The van der Waals surface area contributed by atoms with Crippen LogP contribution in [-0.2, 0) is 0 Å². The Kier molecular flexibility index (Phi) is 6.47. The van der Waals surface area contributed by atoms with Gasteiger partial charge in [-0.15, -0.1) is 6.58 Å². The minimum Gasteiger partial charge on any atom is -0.102 e. The van der Waals surface area contributed by atoms with E-state index in [2.05, 4.69) is 61.3 Å². The van der Waals surface area contributed by atoms with Crippen molar-refractivity contribution in [3.05, 3.63) is 12.7 Å². The first-order chi connectivity index (χ1) is 4.63. The van der Waals surface area contributed by atoms with Crippen LogP contribution in [0.1, 0.15) is 13.3 Å². The van der Waals surface area contributed by atoms with Crippen LogP contribution < -0.4 is 0 Å². The lowest BCUT2D eigenvalue weighted by Crippen LogP contribution is -2.21. The normalized spacial score (nSPS) is 19.6. The molecule has 0 aliphatic rings. The summed E-state index contributed by atoms with van der Waals surface area (Å²) in [4.78, 5) is 1.28. The highest BCUT2D eigenvalue weighted by Gasteiger charge is 2.19. The smallest absolute Gasteiger partial charge is 0.0458 e. The van der Waals surface area contributed by atoms with Crippen molar-refractivity contribution in [1.29, 1.82) is 0 Å². The van der Waals surface area contributed by atoms with Crippen molar-refractivity contribution in [2.75, 3.05) is 0 Å². The van der Waals surface area contributed by atoms with E-state index in [0.29, 0.717) is 14.5 Å². The lowest BCUT2D eigenvalue weighted by atomic mass is 10.2. The quantitative estimate of drug-likeness (QED) is 0.541. The Morgan fingerprint density at radius 1 is 1.40 bits per heavy atom. The van der Waals surface area contributed by atoms with Crippen molar-refractivity contribution >= 4 is 47.8 Å². The second-order valence-electron chi connectivity index (χ2n) is 2.05. The summed E-state index contributed by atoms with van der Waals surface area (Å²) < 4.78 is 0. The molecule has 0 fully saturated rings. The van der Waals surface area contributed by atoms with Crippen molar-refractivity contribution in [3.63, 3.8) is 0 Å². The molecule has 10 heavy (non-hydrogen) atoms. The highest BCUT2D eigenvalue weighted by molar-refractivity contribution is 9.13. The molecule has 0 nitrogen and oxygen atoms in total. The van der Waals surface area contributed by atoms with Crippen LogP contribution >= 0.6 is 47.8 Å². The monoisotopic (exact) mass is 332 g/mol. The zero-order chi connectivity index (χ0) is 8.15. The van der Waals surface area contributed by atoms with E-state index in [1.807, 2.05) is 6.08 Å². The van der Waals surface area contributed by atoms with Gasteiger partial charge in [0, 0.05) is 14.5 Å². The van der Waals surface area contributed by atoms with Gasteiger partial charge in [-0.2, -0.15) is 0 Å². The van der Waals surface area contributed by atoms with Gasteiger partial charge >= 0.3 is 0 Å². The van der Waals surface area contributed by atoms with E-state index in [9.17, 15) is 0 Å². The summed E-state index contributed by atoms with van der Waals surface area (Å²) in [6.45, 7) is 5.85. The summed E-state index contributed by atoms with van der Waals surface area (Å²) in [5, 5.41) is 0. The molecular weight excluding hydrogens is 324 g/mol. The van der Waals surface area contributed by atoms with E-state index >= 15 is 0 Å². The lowest BCUT2D eigenvalue weighted by molar-refractivity contribution is 0.802. The summed E-state index contributed by atoms with van der Waals surface area (Å²) in [7, 11) is 0. The average Bonchev–Trinajstić information content (AvgIpc) is 2.00. The number of hydrogen-bond acceptors (Lipinski definition) is 0. The minimum absolute atomic E-state index is 0.344. The highest BCUT2D eigenvalue weighted by atomic mass is 79.9. The van der Waals surface area contributed by atoms with E-state index in [4.69, 9.17) is 0 Å². The molecule has 0 rings (SSSR count). The summed E-state index contributed by atoms with van der Waals surface area (Å²) in [6, 6.07) is 0. The van der Waals surface area contributed by atoms with Gasteiger partial charge in [0.15, 0.2) is 0 Å². The van der Waals surface area contributed by atoms with Crippen LogP contribution in [0.4, 0.5) is 0 Å². The molecule has 0 N–H and O–H groups in total. The molecule has 0 aromatic carbocycles. The van der Waals surface area contributed by atoms with Gasteiger partial charge in [0.2, 0.25) is 0 Å². The van der Waals surface area contributed by atoms with Gasteiger partial charge < -0.3 is 0 Å². The molecule has 3 atom stereocenters. The Bertz CT molecular complexity index is 103. The maximum atomic E-state index is 3.70. The van der Waals surface area contributed by atoms with Crippen molar-refractivity contribution in [1.82, 2.24) is 0 Å². The number of rotatable bonds is 4. The van der Waals surface area contributed by atoms with E-state index in [1.54, 1.807) is 0 Å². The number of allylic oxidation sites excluding steroid dienone is 1. The van der Waals surface area contributed by atoms with E-state index in [0.717, 1.165) is 6.42 Å². The van der Waals surface area contributed by atoms with Crippen molar-refractivity contribution in [2.45, 2.75) is 27.8 Å². The topological polar surface area (TPSA) is 0 Å². The molecule has 0 spiro atoms. The van der Waals surface area contributed by atoms with Gasteiger partial charge in [-0.1, -0.05) is 60.8 Å². The predicted octanol–water partition coefficient (Wildman–Crippen LogP) is 3.87. The maximum absolute atomic E-state index is 3.70. The van der Waals surface area contributed by atoms with Crippen LogP contribution in [0, 0.1) is 0 Å². The van der Waals surface area contributed by atoms with Crippen LogP contribution in [-0.4, -0.2) is 14.5 Å². The first-order valence-electron chi connectivity index (χ1n) is 3.18. The largest absolute Gasteiger partial charge is 0.102 e. The lowest BCUT2D eigenvalue weighted by Gasteiger charge is -2.17. The molecule has 0 aliphatic carbocycles. The first kappa shape index (κ1) is 11.2. The van der Waals surface area contributed by atoms with Crippen LogP contribution in [0.3, 0.4) is 0 Å². The fraction of sp³-hybridized carbons (Fsp3) is 0.714. The van der Waals surface area contributed by atoms with Gasteiger partial charge in [0.05, 0.1) is 0 Å². The Balaban J connectivity index is 3.80. The molecular formula is C7H11Br3. The second kappa shape index (κ2) is 5.78. The molecule has 0 radical (unpaired) electrons. The average molecular weight is 335 g/mol. The standard InChI is InChI=1S/C7H11Br3/c1-3-5(8)7(10)6(9)4-2/h3,5-7H,1,4H2,2H3. The summed E-state index contributed by atoms with van der Waals surface area (Å²) in [5.74, 6) is 0. The molecule has 0 aromatic rings. The van der Waals surface area contributed by atoms with Crippen LogP contribution in [0.2, 0.25) is 0 Å². The Labute approximate surface area is 87.8 Å². The predicted molar refractivity (Wildman–Crippen MR) is 58.6 cm³/mol.